The normalized spacial score (nSPS) is 11.9. The van der Waals surface area contributed by atoms with E-state index in [9.17, 15) is 9.59 Å². The van der Waals surface area contributed by atoms with E-state index in [-0.39, 0.29) is 12.4 Å². The summed E-state index contributed by atoms with van der Waals surface area (Å²) in [5.74, 6) is -0.208. The van der Waals surface area contributed by atoms with Crippen LogP contribution < -0.4 is 4.74 Å². The molecule has 25 heavy (non-hydrogen) atoms. The minimum absolute atomic E-state index is 0.240. The van der Waals surface area contributed by atoms with Gasteiger partial charge in [-0.15, -0.1) is 0 Å². The fourth-order valence-corrected chi connectivity index (χ4v) is 2.63. The molecule has 3 rings (SSSR count). The van der Waals surface area contributed by atoms with E-state index in [2.05, 4.69) is 4.98 Å². The molecular weight excluding hydrogens is 318 g/mol. The number of hydrogen-bond acceptors (Lipinski definition) is 4. The lowest BCUT2D eigenvalue weighted by Gasteiger charge is -2.13. The van der Waals surface area contributed by atoms with Crippen molar-refractivity contribution < 1.29 is 19.1 Å². The van der Waals surface area contributed by atoms with Crippen LogP contribution in [0.5, 0.6) is 5.75 Å². The van der Waals surface area contributed by atoms with Gasteiger partial charge in [0.05, 0.1) is 0 Å². The minimum Gasteiger partial charge on any atom is -0.482 e. The van der Waals surface area contributed by atoms with Gasteiger partial charge in [-0.05, 0) is 31.5 Å². The fraction of sp³-hybridized carbons (Fsp3) is 0.200. The summed E-state index contributed by atoms with van der Waals surface area (Å²) in [4.78, 5) is 27.6. The predicted molar refractivity (Wildman–Crippen MR) is 94.9 cm³/mol. The summed E-state index contributed by atoms with van der Waals surface area (Å²) >= 11 is 0. The Labute approximate surface area is 145 Å². The van der Waals surface area contributed by atoms with Gasteiger partial charge < -0.3 is 14.5 Å². The molecule has 1 atom stereocenters. The minimum atomic E-state index is -0.882. The molecule has 128 valence electrons. The molecule has 2 aromatic carbocycles. The van der Waals surface area contributed by atoms with Gasteiger partial charge in [0, 0.05) is 22.7 Å². The Kier molecular flexibility index (Phi) is 4.84. The van der Waals surface area contributed by atoms with Gasteiger partial charge in [-0.2, -0.15) is 0 Å². The smallest absolute Gasteiger partial charge is 0.344 e. The number of hydrogen-bond donors (Lipinski definition) is 1. The summed E-state index contributed by atoms with van der Waals surface area (Å²) in [5.41, 5.74) is 2.31. The second kappa shape index (κ2) is 7.21. The first-order valence-corrected chi connectivity index (χ1v) is 8.04. The third kappa shape index (κ3) is 3.71. The van der Waals surface area contributed by atoms with Crippen molar-refractivity contribution in [3.05, 3.63) is 65.9 Å². The van der Waals surface area contributed by atoms with E-state index >= 15 is 0 Å². The maximum atomic E-state index is 12.5. The van der Waals surface area contributed by atoms with Crippen LogP contribution in [-0.4, -0.2) is 29.4 Å². The van der Waals surface area contributed by atoms with E-state index in [0.717, 1.165) is 16.5 Å². The van der Waals surface area contributed by atoms with Crippen molar-refractivity contribution in [2.24, 2.45) is 0 Å². The van der Waals surface area contributed by atoms with E-state index < -0.39 is 12.1 Å². The summed E-state index contributed by atoms with van der Waals surface area (Å²) < 4.78 is 10.7. The molecule has 0 amide bonds. The number of para-hydroxylation sites is 2. The molecule has 1 N–H and O–H groups in total. The number of ether oxygens (including phenoxy) is 2. The Hall–Kier alpha value is -3.08. The van der Waals surface area contributed by atoms with Crippen LogP contribution in [0.25, 0.3) is 10.9 Å². The lowest BCUT2D eigenvalue weighted by Crippen LogP contribution is -2.27. The molecular formula is C20H19NO4. The van der Waals surface area contributed by atoms with Crippen LogP contribution in [0.15, 0.2) is 54.7 Å². The highest BCUT2D eigenvalue weighted by molar-refractivity contribution is 6.10. The van der Waals surface area contributed by atoms with Gasteiger partial charge in [0.25, 0.3) is 0 Å². The SMILES string of the molecule is Cc1ccccc1OCC(=O)OC(C)C(=O)c1c[nH]c2ccccc12. The maximum absolute atomic E-state index is 12.5. The molecule has 0 bridgehead atoms. The van der Waals surface area contributed by atoms with Crippen LogP contribution in [0.4, 0.5) is 0 Å². The molecule has 0 aliphatic heterocycles. The standard InChI is InChI=1S/C20H19NO4/c1-13-7-3-6-10-18(13)24-12-19(22)25-14(2)20(23)16-11-21-17-9-5-4-8-15(16)17/h3-11,14,21H,12H2,1-2H3. The molecule has 5 nitrogen and oxygen atoms in total. The molecule has 0 aliphatic rings. The number of aromatic amines is 1. The molecule has 0 spiro atoms. The lowest BCUT2D eigenvalue weighted by atomic mass is 10.1. The number of aryl methyl sites for hydroxylation is 1. The molecule has 0 aliphatic carbocycles. The molecule has 0 saturated heterocycles. The maximum Gasteiger partial charge on any atom is 0.344 e. The number of H-pyrrole nitrogens is 1. The number of carbonyl (C=O) groups excluding carboxylic acids is 2. The van der Waals surface area contributed by atoms with Crippen molar-refractivity contribution in [2.45, 2.75) is 20.0 Å². The number of esters is 1. The fourth-order valence-electron chi connectivity index (χ4n) is 2.63. The van der Waals surface area contributed by atoms with E-state index in [1.165, 1.54) is 0 Å². The topological polar surface area (TPSA) is 68.4 Å². The van der Waals surface area contributed by atoms with Crippen LogP contribution in [0.2, 0.25) is 0 Å². The Morgan fingerprint density at radius 2 is 1.80 bits per heavy atom. The zero-order valence-electron chi connectivity index (χ0n) is 14.1. The van der Waals surface area contributed by atoms with Crippen molar-refractivity contribution in [1.29, 1.82) is 0 Å². The van der Waals surface area contributed by atoms with Crippen LogP contribution in [0, 0.1) is 6.92 Å². The van der Waals surface area contributed by atoms with Crippen molar-refractivity contribution in [3.8, 4) is 5.75 Å². The Morgan fingerprint density at radius 3 is 2.60 bits per heavy atom. The number of nitrogens with one attached hydrogen (secondary N) is 1. The average Bonchev–Trinajstić information content (AvgIpc) is 3.04. The number of fused-ring (bicyclic) bond motifs is 1. The first-order valence-electron chi connectivity index (χ1n) is 8.04. The van der Waals surface area contributed by atoms with Gasteiger partial charge in [0.1, 0.15) is 5.75 Å². The monoisotopic (exact) mass is 337 g/mol. The van der Waals surface area contributed by atoms with Crippen molar-refractivity contribution in [1.82, 2.24) is 4.98 Å². The third-order valence-corrected chi connectivity index (χ3v) is 3.97. The molecule has 1 aromatic heterocycles. The highest BCUT2D eigenvalue weighted by atomic mass is 16.6. The number of Topliss-reactive ketones (excluding diaryl/α,β-unsaturated/α-hetero) is 1. The number of aromatic nitrogens is 1. The van der Waals surface area contributed by atoms with Crippen LogP contribution in [0.3, 0.4) is 0 Å². The van der Waals surface area contributed by atoms with Gasteiger partial charge in [0.15, 0.2) is 12.7 Å². The number of rotatable bonds is 6. The van der Waals surface area contributed by atoms with E-state index in [0.29, 0.717) is 11.3 Å². The Bertz CT molecular complexity index is 913. The largest absolute Gasteiger partial charge is 0.482 e. The van der Waals surface area contributed by atoms with Gasteiger partial charge >= 0.3 is 5.97 Å². The predicted octanol–water partition coefficient (Wildman–Crippen LogP) is 3.67. The van der Waals surface area contributed by atoms with Crippen molar-refractivity contribution in [3.63, 3.8) is 0 Å². The summed E-state index contributed by atoms with van der Waals surface area (Å²) in [6, 6.07) is 14.9. The zero-order valence-corrected chi connectivity index (χ0v) is 14.1. The van der Waals surface area contributed by atoms with Crippen LogP contribution >= 0.6 is 0 Å². The second-order valence-electron chi connectivity index (χ2n) is 5.80. The van der Waals surface area contributed by atoms with Crippen molar-refractivity contribution in [2.75, 3.05) is 6.61 Å². The van der Waals surface area contributed by atoms with Crippen LogP contribution in [-0.2, 0) is 9.53 Å². The quantitative estimate of drug-likeness (QED) is 0.550. The Morgan fingerprint density at radius 1 is 1.08 bits per heavy atom. The van der Waals surface area contributed by atoms with Gasteiger partial charge in [0.2, 0.25) is 5.78 Å². The number of benzene rings is 2. The molecule has 3 aromatic rings. The van der Waals surface area contributed by atoms with Crippen molar-refractivity contribution >= 4 is 22.7 Å². The first kappa shape index (κ1) is 16.8. The number of carbonyl (C=O) groups is 2. The molecule has 0 fully saturated rings. The highest BCUT2D eigenvalue weighted by Gasteiger charge is 2.22. The molecule has 1 unspecified atom stereocenters. The summed E-state index contributed by atoms with van der Waals surface area (Å²) in [6.45, 7) is 3.22. The van der Waals surface area contributed by atoms with E-state index in [1.54, 1.807) is 19.2 Å². The van der Waals surface area contributed by atoms with Crippen LogP contribution in [0.1, 0.15) is 22.8 Å². The summed E-state index contributed by atoms with van der Waals surface area (Å²) in [7, 11) is 0. The molecule has 1 heterocycles. The van der Waals surface area contributed by atoms with E-state index in [1.807, 2.05) is 49.4 Å². The summed E-state index contributed by atoms with van der Waals surface area (Å²) in [6.07, 6.45) is 0.758. The second-order valence-corrected chi connectivity index (χ2v) is 5.80. The number of ketones is 1. The van der Waals surface area contributed by atoms with E-state index in [4.69, 9.17) is 9.47 Å². The Balaban J connectivity index is 1.61. The molecule has 5 heteroatoms. The highest BCUT2D eigenvalue weighted by Crippen LogP contribution is 2.20. The van der Waals surface area contributed by atoms with Gasteiger partial charge in [-0.25, -0.2) is 4.79 Å². The van der Waals surface area contributed by atoms with Gasteiger partial charge in [-0.1, -0.05) is 36.4 Å². The van der Waals surface area contributed by atoms with Gasteiger partial charge in [-0.3, -0.25) is 4.79 Å². The third-order valence-electron chi connectivity index (χ3n) is 3.97. The lowest BCUT2D eigenvalue weighted by molar-refractivity contribution is -0.148. The first-order chi connectivity index (χ1) is 12.1. The average molecular weight is 337 g/mol. The molecule has 0 saturated carbocycles. The summed E-state index contributed by atoms with van der Waals surface area (Å²) in [5, 5.41) is 0.812. The zero-order chi connectivity index (χ0) is 17.8. The molecule has 0 radical (unpaired) electrons.